The summed E-state index contributed by atoms with van der Waals surface area (Å²) < 4.78 is 5.57. The monoisotopic (exact) mass is 372 g/mol. The van der Waals surface area contributed by atoms with Gasteiger partial charge in [0, 0.05) is 52.2 Å². The Labute approximate surface area is 160 Å². The van der Waals surface area contributed by atoms with Gasteiger partial charge in [-0.3, -0.25) is 9.69 Å². The Kier molecular flexibility index (Phi) is 5.20. The van der Waals surface area contributed by atoms with Crippen LogP contribution in [0.1, 0.15) is 24.0 Å². The first-order valence-electron chi connectivity index (χ1n) is 9.90. The molecule has 0 bridgehead atoms. The highest BCUT2D eigenvalue weighted by atomic mass is 16.5. The summed E-state index contributed by atoms with van der Waals surface area (Å²) in [5.74, 6) is 1.09. The zero-order chi connectivity index (χ0) is 18.8. The molecule has 1 aromatic carbocycles. The highest BCUT2D eigenvalue weighted by Crippen LogP contribution is 2.26. The fraction of sp³-hybridized carbons (Fsp3) is 0.600. The lowest BCUT2D eigenvalue weighted by molar-refractivity contribution is -0.138. The van der Waals surface area contributed by atoms with Crippen molar-refractivity contribution in [2.24, 2.45) is 11.7 Å². The predicted octanol–water partition coefficient (Wildman–Crippen LogP) is 1.06. The molecule has 0 aromatic heterocycles. The largest absolute Gasteiger partial charge is 0.493 e. The lowest BCUT2D eigenvalue weighted by Crippen LogP contribution is -2.53. The third kappa shape index (κ3) is 4.03. The van der Waals surface area contributed by atoms with Crippen molar-refractivity contribution in [2.75, 3.05) is 45.9 Å². The summed E-state index contributed by atoms with van der Waals surface area (Å²) in [5.41, 5.74) is 7.99. The van der Waals surface area contributed by atoms with Crippen molar-refractivity contribution in [3.05, 3.63) is 29.3 Å². The van der Waals surface area contributed by atoms with Crippen LogP contribution in [-0.2, 0) is 17.8 Å². The number of benzene rings is 1. The van der Waals surface area contributed by atoms with E-state index in [4.69, 9.17) is 10.5 Å². The van der Waals surface area contributed by atoms with Crippen LogP contribution in [0.4, 0.5) is 4.79 Å². The number of piperidine rings is 1. The summed E-state index contributed by atoms with van der Waals surface area (Å²) in [5, 5.41) is 0. The second kappa shape index (κ2) is 7.76. The van der Waals surface area contributed by atoms with Crippen molar-refractivity contribution in [3.63, 3.8) is 0 Å². The van der Waals surface area contributed by atoms with Crippen molar-refractivity contribution in [1.82, 2.24) is 14.7 Å². The van der Waals surface area contributed by atoms with E-state index in [1.165, 1.54) is 11.1 Å². The summed E-state index contributed by atoms with van der Waals surface area (Å²) in [6, 6.07) is 6.05. The minimum Gasteiger partial charge on any atom is -0.493 e. The SMILES string of the molecule is NC(=O)N1CCC[C@@H](C(=O)N2CCN(Cc3ccc4c(c3)CCO4)CC2)C1. The van der Waals surface area contributed by atoms with Crippen LogP contribution in [0.15, 0.2) is 18.2 Å². The van der Waals surface area contributed by atoms with E-state index < -0.39 is 6.03 Å². The minimum atomic E-state index is -0.419. The maximum absolute atomic E-state index is 12.8. The molecule has 7 heteroatoms. The van der Waals surface area contributed by atoms with Crippen LogP contribution in [-0.4, -0.2) is 72.5 Å². The molecule has 3 amide bonds. The standard InChI is InChI=1S/C20H28N4O3/c21-20(26)24-6-1-2-17(14-24)19(25)23-9-7-22(8-10-23)13-15-3-4-18-16(12-15)5-11-27-18/h3-4,12,17H,1-2,5-11,13-14H2,(H2,21,26)/t17-/m1/s1. The first-order chi connectivity index (χ1) is 13.1. The van der Waals surface area contributed by atoms with Gasteiger partial charge in [-0.2, -0.15) is 0 Å². The van der Waals surface area contributed by atoms with Gasteiger partial charge in [-0.05, 0) is 30.0 Å². The van der Waals surface area contributed by atoms with Gasteiger partial charge in [-0.25, -0.2) is 4.79 Å². The zero-order valence-electron chi connectivity index (χ0n) is 15.7. The van der Waals surface area contributed by atoms with Crippen molar-refractivity contribution < 1.29 is 14.3 Å². The van der Waals surface area contributed by atoms with E-state index in [0.717, 1.165) is 64.3 Å². The van der Waals surface area contributed by atoms with Gasteiger partial charge >= 0.3 is 6.03 Å². The topological polar surface area (TPSA) is 79.1 Å². The van der Waals surface area contributed by atoms with Crippen LogP contribution in [0.3, 0.4) is 0 Å². The van der Waals surface area contributed by atoms with Crippen LogP contribution in [0, 0.1) is 5.92 Å². The lowest BCUT2D eigenvalue weighted by atomic mass is 9.96. The third-order valence-corrected chi connectivity index (χ3v) is 5.93. The highest BCUT2D eigenvalue weighted by molar-refractivity contribution is 5.80. The maximum Gasteiger partial charge on any atom is 0.314 e. The smallest absolute Gasteiger partial charge is 0.314 e. The molecule has 1 aromatic rings. The first kappa shape index (κ1) is 18.1. The zero-order valence-corrected chi connectivity index (χ0v) is 15.7. The molecule has 0 saturated carbocycles. The summed E-state index contributed by atoms with van der Waals surface area (Å²) in [6.07, 6.45) is 2.69. The fourth-order valence-electron chi connectivity index (χ4n) is 4.36. The molecule has 0 unspecified atom stereocenters. The Bertz CT molecular complexity index is 715. The number of hydrogen-bond donors (Lipinski definition) is 1. The van der Waals surface area contributed by atoms with Gasteiger partial charge in [0.05, 0.1) is 12.5 Å². The van der Waals surface area contributed by atoms with Crippen LogP contribution in [0.2, 0.25) is 0 Å². The number of nitrogens with zero attached hydrogens (tertiary/aromatic N) is 3. The number of carbonyl (C=O) groups excluding carboxylic acids is 2. The predicted molar refractivity (Wildman–Crippen MR) is 101 cm³/mol. The van der Waals surface area contributed by atoms with Gasteiger partial charge in [0.25, 0.3) is 0 Å². The van der Waals surface area contributed by atoms with Crippen LogP contribution in [0.25, 0.3) is 0 Å². The van der Waals surface area contributed by atoms with E-state index in [2.05, 4.69) is 23.1 Å². The van der Waals surface area contributed by atoms with Gasteiger partial charge < -0.3 is 20.3 Å². The molecule has 3 aliphatic heterocycles. The van der Waals surface area contributed by atoms with Gasteiger partial charge in [0.15, 0.2) is 0 Å². The van der Waals surface area contributed by atoms with E-state index >= 15 is 0 Å². The number of urea groups is 1. The Balaban J connectivity index is 1.28. The molecule has 146 valence electrons. The number of nitrogens with two attached hydrogens (primary N) is 1. The number of ether oxygens (including phenoxy) is 1. The second-order valence-electron chi connectivity index (χ2n) is 7.77. The molecule has 3 aliphatic rings. The Morgan fingerprint density at radius 1 is 1.11 bits per heavy atom. The van der Waals surface area contributed by atoms with Gasteiger partial charge in [-0.15, -0.1) is 0 Å². The van der Waals surface area contributed by atoms with Gasteiger partial charge in [0.2, 0.25) is 5.91 Å². The third-order valence-electron chi connectivity index (χ3n) is 5.93. The molecule has 2 N–H and O–H groups in total. The first-order valence-corrected chi connectivity index (χ1v) is 9.90. The molecule has 0 spiro atoms. The van der Waals surface area contributed by atoms with Crippen LogP contribution < -0.4 is 10.5 Å². The number of rotatable bonds is 3. The second-order valence-corrected chi connectivity index (χ2v) is 7.77. The number of amides is 3. The highest BCUT2D eigenvalue weighted by Gasteiger charge is 2.32. The number of hydrogen-bond acceptors (Lipinski definition) is 4. The van der Waals surface area contributed by atoms with Crippen molar-refractivity contribution in [1.29, 1.82) is 0 Å². The van der Waals surface area contributed by atoms with E-state index in [1.54, 1.807) is 4.90 Å². The van der Waals surface area contributed by atoms with Crippen molar-refractivity contribution in [2.45, 2.75) is 25.8 Å². The van der Waals surface area contributed by atoms with E-state index in [-0.39, 0.29) is 11.8 Å². The molecule has 3 heterocycles. The van der Waals surface area contributed by atoms with Crippen LogP contribution in [0.5, 0.6) is 5.75 Å². The molecular formula is C20H28N4O3. The van der Waals surface area contributed by atoms with Gasteiger partial charge in [0.1, 0.15) is 5.75 Å². The summed E-state index contributed by atoms with van der Waals surface area (Å²) in [7, 11) is 0. The molecule has 1 atom stereocenters. The Hall–Kier alpha value is -2.28. The molecule has 0 radical (unpaired) electrons. The molecule has 0 aliphatic carbocycles. The number of likely N-dealkylation sites (tertiary alicyclic amines) is 1. The number of primary amides is 1. The summed E-state index contributed by atoms with van der Waals surface area (Å²) in [4.78, 5) is 30.2. The van der Waals surface area contributed by atoms with E-state index in [0.29, 0.717) is 13.1 Å². The number of piperazine rings is 1. The maximum atomic E-state index is 12.8. The lowest BCUT2D eigenvalue weighted by Gasteiger charge is -2.38. The van der Waals surface area contributed by atoms with Crippen molar-refractivity contribution in [3.8, 4) is 5.75 Å². The summed E-state index contributed by atoms with van der Waals surface area (Å²) in [6.45, 7) is 6.09. The average molecular weight is 372 g/mol. The van der Waals surface area contributed by atoms with E-state index in [9.17, 15) is 9.59 Å². The van der Waals surface area contributed by atoms with Crippen molar-refractivity contribution >= 4 is 11.9 Å². The Morgan fingerprint density at radius 3 is 2.70 bits per heavy atom. The quantitative estimate of drug-likeness (QED) is 0.860. The minimum absolute atomic E-state index is 0.102. The number of carbonyl (C=O) groups is 2. The van der Waals surface area contributed by atoms with E-state index in [1.807, 2.05) is 4.90 Å². The molecule has 27 heavy (non-hydrogen) atoms. The molecule has 2 fully saturated rings. The molecule has 4 rings (SSSR count). The molecule has 2 saturated heterocycles. The van der Waals surface area contributed by atoms with Gasteiger partial charge in [-0.1, -0.05) is 12.1 Å². The normalized spacial score (nSPS) is 23.0. The Morgan fingerprint density at radius 2 is 1.93 bits per heavy atom. The molecule has 7 nitrogen and oxygen atoms in total. The average Bonchev–Trinajstić information content (AvgIpc) is 3.16. The summed E-state index contributed by atoms with van der Waals surface area (Å²) >= 11 is 0. The number of fused-ring (bicyclic) bond motifs is 1. The molecular weight excluding hydrogens is 344 g/mol. The fourth-order valence-corrected chi connectivity index (χ4v) is 4.36. The van der Waals surface area contributed by atoms with Crippen LogP contribution >= 0.6 is 0 Å².